The highest BCUT2D eigenvalue weighted by Crippen LogP contribution is 2.32. The Morgan fingerprint density at radius 2 is 2.12 bits per heavy atom. The Kier molecular flexibility index (Phi) is 3.82. The predicted molar refractivity (Wildman–Crippen MR) is 86.9 cm³/mol. The first-order valence-corrected chi connectivity index (χ1v) is 8.62. The van der Waals surface area contributed by atoms with Gasteiger partial charge in [0.2, 0.25) is 5.91 Å². The molecule has 1 aromatic carbocycles. The van der Waals surface area contributed by atoms with Crippen LogP contribution in [0.4, 0.5) is 4.39 Å². The van der Waals surface area contributed by atoms with Gasteiger partial charge < -0.3 is 9.47 Å². The lowest BCUT2D eigenvalue weighted by Crippen LogP contribution is -2.43. The number of aromatic nitrogens is 3. The summed E-state index contributed by atoms with van der Waals surface area (Å²) in [4.78, 5) is 14.9. The maximum Gasteiger partial charge on any atom is 0.227 e. The van der Waals surface area contributed by atoms with E-state index in [4.69, 9.17) is 0 Å². The lowest BCUT2D eigenvalue weighted by Gasteiger charge is -2.28. The Labute approximate surface area is 140 Å². The van der Waals surface area contributed by atoms with Gasteiger partial charge in [0.25, 0.3) is 0 Å². The first-order chi connectivity index (χ1) is 11.7. The fraction of sp³-hybridized carbons (Fsp3) is 0.500. The molecular weight excluding hydrogens is 307 g/mol. The molecular formula is C18H21FN4O. The van der Waals surface area contributed by atoms with Gasteiger partial charge in [0.15, 0.2) is 0 Å². The molecule has 1 aromatic heterocycles. The van der Waals surface area contributed by atoms with Crippen LogP contribution < -0.4 is 0 Å². The number of fused-ring (bicyclic) bond motifs is 3. The van der Waals surface area contributed by atoms with E-state index in [1.165, 1.54) is 12.1 Å². The molecule has 2 aromatic rings. The van der Waals surface area contributed by atoms with Crippen LogP contribution in [0.2, 0.25) is 0 Å². The van der Waals surface area contributed by atoms with Crippen LogP contribution in [-0.2, 0) is 30.6 Å². The number of carbonyl (C=O) groups excluding carboxylic acids is 1. The topological polar surface area (TPSA) is 51.0 Å². The van der Waals surface area contributed by atoms with Crippen molar-refractivity contribution in [2.75, 3.05) is 0 Å². The van der Waals surface area contributed by atoms with Gasteiger partial charge in [0.05, 0.1) is 12.5 Å². The van der Waals surface area contributed by atoms with E-state index >= 15 is 0 Å². The molecule has 2 aliphatic rings. The second kappa shape index (κ2) is 6.00. The quantitative estimate of drug-likeness (QED) is 0.867. The molecule has 0 aliphatic carbocycles. The summed E-state index contributed by atoms with van der Waals surface area (Å²) in [6.45, 7) is 2.85. The highest BCUT2D eigenvalue weighted by Gasteiger charge is 2.40. The Bertz CT molecular complexity index is 772. The number of hydrogen-bond acceptors (Lipinski definition) is 3. The molecule has 3 heterocycles. The van der Waals surface area contributed by atoms with Crippen LogP contribution in [0.3, 0.4) is 0 Å². The van der Waals surface area contributed by atoms with Gasteiger partial charge in [-0.25, -0.2) is 4.39 Å². The summed E-state index contributed by atoms with van der Waals surface area (Å²) in [5, 5.41) is 8.59. The zero-order valence-electron chi connectivity index (χ0n) is 13.8. The summed E-state index contributed by atoms with van der Waals surface area (Å²) < 4.78 is 15.6. The van der Waals surface area contributed by atoms with E-state index in [1.54, 1.807) is 6.07 Å². The van der Waals surface area contributed by atoms with Crippen molar-refractivity contribution < 1.29 is 9.18 Å². The first-order valence-electron chi connectivity index (χ1n) is 8.62. The number of nitrogens with zero attached hydrogens (tertiary/aromatic N) is 4. The van der Waals surface area contributed by atoms with E-state index < -0.39 is 0 Å². The third-order valence-corrected chi connectivity index (χ3v) is 5.18. The van der Waals surface area contributed by atoms with Gasteiger partial charge in [0.1, 0.15) is 17.5 Å². The third kappa shape index (κ3) is 2.60. The van der Waals surface area contributed by atoms with Gasteiger partial charge in [-0.15, -0.1) is 10.2 Å². The molecule has 0 radical (unpaired) electrons. The zero-order chi connectivity index (χ0) is 16.7. The minimum absolute atomic E-state index is 0.0878. The largest absolute Gasteiger partial charge is 0.334 e. The van der Waals surface area contributed by atoms with Crippen LogP contribution in [0, 0.1) is 5.82 Å². The van der Waals surface area contributed by atoms with Gasteiger partial charge in [-0.2, -0.15) is 0 Å². The summed E-state index contributed by atoms with van der Waals surface area (Å²) in [5.41, 5.74) is 0.734. The monoisotopic (exact) mass is 328 g/mol. The van der Waals surface area contributed by atoms with E-state index in [1.807, 2.05) is 11.0 Å². The second-order valence-corrected chi connectivity index (χ2v) is 6.69. The van der Waals surface area contributed by atoms with Gasteiger partial charge in [-0.05, 0) is 30.5 Å². The third-order valence-electron chi connectivity index (χ3n) is 5.18. The van der Waals surface area contributed by atoms with E-state index in [2.05, 4.69) is 21.7 Å². The van der Waals surface area contributed by atoms with Gasteiger partial charge >= 0.3 is 0 Å². The minimum Gasteiger partial charge on any atom is -0.334 e. The summed E-state index contributed by atoms with van der Waals surface area (Å²) in [6, 6.07) is 6.70. The van der Waals surface area contributed by atoms with E-state index in [9.17, 15) is 9.18 Å². The molecule has 2 atom stereocenters. The fourth-order valence-electron chi connectivity index (χ4n) is 4.08. The minimum atomic E-state index is -0.294. The van der Waals surface area contributed by atoms with Crippen LogP contribution in [-0.4, -0.2) is 37.7 Å². The predicted octanol–water partition coefficient (Wildman–Crippen LogP) is 2.14. The highest BCUT2D eigenvalue weighted by atomic mass is 19.1. The number of benzene rings is 1. The number of aryl methyl sites for hydroxylation is 1. The van der Waals surface area contributed by atoms with Crippen LogP contribution >= 0.6 is 0 Å². The summed E-state index contributed by atoms with van der Waals surface area (Å²) in [6.07, 6.45) is 3.89. The number of hydrogen-bond donors (Lipinski definition) is 0. The number of rotatable bonds is 3. The number of carbonyl (C=O) groups is 1. The van der Waals surface area contributed by atoms with Crippen molar-refractivity contribution in [3.05, 3.63) is 47.3 Å². The molecule has 24 heavy (non-hydrogen) atoms. The summed E-state index contributed by atoms with van der Waals surface area (Å²) in [5.74, 6) is 1.78. The smallest absolute Gasteiger partial charge is 0.227 e. The average molecular weight is 328 g/mol. The zero-order valence-corrected chi connectivity index (χ0v) is 13.8. The van der Waals surface area contributed by atoms with Crippen LogP contribution in [0.15, 0.2) is 24.3 Å². The molecule has 2 aliphatic heterocycles. The molecule has 1 amide bonds. The van der Waals surface area contributed by atoms with Crippen molar-refractivity contribution in [2.24, 2.45) is 0 Å². The molecule has 4 rings (SSSR count). The SMILES string of the molecule is CCc1nnc2n1C[C@H]1CC[C@@H](C2)N1C(=O)Cc1cccc(F)c1. The van der Waals surface area contributed by atoms with Crippen molar-refractivity contribution in [3.63, 3.8) is 0 Å². The normalized spacial score (nSPS) is 22.3. The van der Waals surface area contributed by atoms with Crippen LogP contribution in [0.25, 0.3) is 0 Å². The highest BCUT2D eigenvalue weighted by molar-refractivity contribution is 5.79. The van der Waals surface area contributed by atoms with Gasteiger partial charge in [0, 0.05) is 25.4 Å². The molecule has 0 N–H and O–H groups in total. The Morgan fingerprint density at radius 1 is 1.29 bits per heavy atom. The summed E-state index contributed by atoms with van der Waals surface area (Å²) >= 11 is 0. The Balaban J connectivity index is 1.56. The van der Waals surface area contributed by atoms with Crippen molar-refractivity contribution in [1.82, 2.24) is 19.7 Å². The molecule has 0 unspecified atom stereocenters. The Hall–Kier alpha value is -2.24. The van der Waals surface area contributed by atoms with Crippen LogP contribution in [0.5, 0.6) is 0 Å². The van der Waals surface area contributed by atoms with Gasteiger partial charge in [-0.1, -0.05) is 19.1 Å². The molecule has 5 nitrogen and oxygen atoms in total. The van der Waals surface area contributed by atoms with E-state index in [-0.39, 0.29) is 30.2 Å². The van der Waals surface area contributed by atoms with E-state index in [0.29, 0.717) is 0 Å². The summed E-state index contributed by atoms with van der Waals surface area (Å²) in [7, 11) is 0. The molecule has 1 fully saturated rings. The number of amides is 1. The maximum absolute atomic E-state index is 13.4. The first kappa shape index (κ1) is 15.3. The van der Waals surface area contributed by atoms with Crippen molar-refractivity contribution in [1.29, 1.82) is 0 Å². The van der Waals surface area contributed by atoms with Crippen molar-refractivity contribution >= 4 is 5.91 Å². The molecule has 6 heteroatoms. The maximum atomic E-state index is 13.4. The lowest BCUT2D eigenvalue weighted by atomic mass is 10.1. The van der Waals surface area contributed by atoms with Crippen molar-refractivity contribution in [3.8, 4) is 0 Å². The van der Waals surface area contributed by atoms with Crippen LogP contribution in [0.1, 0.15) is 37.0 Å². The molecule has 1 saturated heterocycles. The van der Waals surface area contributed by atoms with Gasteiger partial charge in [-0.3, -0.25) is 4.79 Å². The standard InChI is InChI=1S/C18H21FN4O/c1-2-16-20-21-17-10-14-6-7-15(11-22(16)17)23(14)18(24)9-12-4-3-5-13(19)8-12/h3-5,8,14-15H,2,6-7,9-11H2,1H3/t14-,15+/m0/s1. The van der Waals surface area contributed by atoms with Crippen molar-refractivity contribution in [2.45, 2.75) is 57.7 Å². The molecule has 126 valence electrons. The molecule has 0 saturated carbocycles. The average Bonchev–Trinajstić information content (AvgIpc) is 3.07. The van der Waals surface area contributed by atoms with E-state index in [0.717, 1.165) is 49.4 Å². The second-order valence-electron chi connectivity index (χ2n) is 6.69. The number of halogens is 1. The molecule has 0 spiro atoms. The lowest BCUT2D eigenvalue weighted by molar-refractivity contribution is -0.133. The fourth-order valence-corrected chi connectivity index (χ4v) is 4.08. The Morgan fingerprint density at radius 3 is 2.92 bits per heavy atom. The molecule has 2 bridgehead atoms.